The van der Waals surface area contributed by atoms with E-state index in [4.69, 9.17) is 4.74 Å². The number of aromatic nitrogens is 2. The molecule has 0 atom stereocenters. The fourth-order valence-electron chi connectivity index (χ4n) is 1.52. The number of methoxy groups -OCH3 is 1. The highest BCUT2D eigenvalue weighted by molar-refractivity contribution is 5.68. The average molecular weight is 233 g/mol. The van der Waals surface area contributed by atoms with Gasteiger partial charge in [0.15, 0.2) is 5.82 Å². The van der Waals surface area contributed by atoms with Crippen LogP contribution in [0.5, 0.6) is 5.75 Å². The van der Waals surface area contributed by atoms with Crippen molar-refractivity contribution in [1.29, 1.82) is 0 Å². The Morgan fingerprint density at radius 1 is 1.29 bits per heavy atom. The second kappa shape index (κ2) is 4.78. The summed E-state index contributed by atoms with van der Waals surface area (Å²) in [5.74, 6) is 0.466. The Morgan fingerprint density at radius 3 is 2.76 bits per heavy atom. The van der Waals surface area contributed by atoms with Gasteiger partial charge in [0.25, 0.3) is 0 Å². The van der Waals surface area contributed by atoms with E-state index in [-0.39, 0.29) is 5.69 Å². The molecular weight excluding hydrogens is 221 g/mol. The Morgan fingerprint density at radius 2 is 2.06 bits per heavy atom. The minimum atomic E-state index is -0.478. The van der Waals surface area contributed by atoms with Crippen molar-refractivity contribution >= 4 is 5.95 Å². The van der Waals surface area contributed by atoms with Crippen LogP contribution in [-0.2, 0) is 0 Å². The van der Waals surface area contributed by atoms with Crippen LogP contribution in [0.15, 0.2) is 30.5 Å². The minimum absolute atomic E-state index is 0.224. The van der Waals surface area contributed by atoms with E-state index in [1.165, 1.54) is 7.11 Å². The molecule has 1 aromatic carbocycles. The van der Waals surface area contributed by atoms with Gasteiger partial charge in [0, 0.05) is 12.6 Å². The molecule has 5 heteroatoms. The van der Waals surface area contributed by atoms with Crippen LogP contribution in [0.3, 0.4) is 0 Å². The van der Waals surface area contributed by atoms with Crippen LogP contribution in [-0.4, -0.2) is 24.1 Å². The summed E-state index contributed by atoms with van der Waals surface area (Å²) < 4.78 is 18.9. The van der Waals surface area contributed by atoms with Crippen LogP contribution in [0, 0.1) is 5.82 Å². The van der Waals surface area contributed by atoms with E-state index in [2.05, 4.69) is 15.3 Å². The second-order valence-corrected chi connectivity index (χ2v) is 3.34. The standard InChI is InChI=1S/C12H12FN3O/c1-14-12-15-7-9(13)11(16-12)8-5-3-4-6-10(8)17-2/h3-7H,1-2H3,(H,14,15,16). The minimum Gasteiger partial charge on any atom is -0.496 e. The third-order valence-electron chi connectivity index (χ3n) is 2.33. The van der Waals surface area contributed by atoms with Crippen molar-refractivity contribution in [3.63, 3.8) is 0 Å². The van der Waals surface area contributed by atoms with Crippen molar-refractivity contribution < 1.29 is 9.13 Å². The third-order valence-corrected chi connectivity index (χ3v) is 2.33. The van der Waals surface area contributed by atoms with Gasteiger partial charge in [-0.3, -0.25) is 0 Å². The zero-order valence-electron chi connectivity index (χ0n) is 9.57. The Kier molecular flexibility index (Phi) is 3.18. The van der Waals surface area contributed by atoms with Crippen molar-refractivity contribution in [2.75, 3.05) is 19.5 Å². The molecule has 1 aromatic heterocycles. The normalized spacial score (nSPS) is 10.1. The maximum absolute atomic E-state index is 13.7. The first-order valence-electron chi connectivity index (χ1n) is 5.10. The molecular formula is C12H12FN3O. The highest BCUT2D eigenvalue weighted by Crippen LogP contribution is 2.30. The lowest BCUT2D eigenvalue weighted by atomic mass is 10.1. The van der Waals surface area contributed by atoms with E-state index >= 15 is 0 Å². The lowest BCUT2D eigenvalue weighted by Crippen LogP contribution is -2.00. The molecule has 0 spiro atoms. The predicted molar refractivity (Wildman–Crippen MR) is 63.5 cm³/mol. The molecule has 17 heavy (non-hydrogen) atoms. The van der Waals surface area contributed by atoms with Gasteiger partial charge < -0.3 is 10.1 Å². The van der Waals surface area contributed by atoms with Crippen molar-refractivity contribution in [2.45, 2.75) is 0 Å². The zero-order valence-corrected chi connectivity index (χ0v) is 9.57. The van der Waals surface area contributed by atoms with Crippen molar-refractivity contribution in [3.05, 3.63) is 36.3 Å². The molecule has 88 valence electrons. The number of nitrogens with one attached hydrogen (secondary N) is 1. The molecule has 1 heterocycles. The first kappa shape index (κ1) is 11.3. The molecule has 0 fully saturated rings. The monoisotopic (exact) mass is 233 g/mol. The summed E-state index contributed by atoms with van der Waals surface area (Å²) in [7, 11) is 3.22. The smallest absolute Gasteiger partial charge is 0.223 e. The molecule has 0 saturated carbocycles. The predicted octanol–water partition coefficient (Wildman–Crippen LogP) is 2.33. The van der Waals surface area contributed by atoms with Crippen LogP contribution >= 0.6 is 0 Å². The summed E-state index contributed by atoms with van der Waals surface area (Å²) in [4.78, 5) is 7.89. The van der Waals surface area contributed by atoms with E-state index in [1.807, 2.05) is 6.07 Å². The summed E-state index contributed by atoms with van der Waals surface area (Å²) >= 11 is 0. The Balaban J connectivity index is 2.59. The van der Waals surface area contributed by atoms with Gasteiger partial charge in [-0.05, 0) is 12.1 Å². The number of rotatable bonds is 3. The van der Waals surface area contributed by atoms with E-state index in [9.17, 15) is 4.39 Å². The maximum atomic E-state index is 13.7. The quantitative estimate of drug-likeness (QED) is 0.883. The van der Waals surface area contributed by atoms with Gasteiger partial charge in [-0.2, -0.15) is 0 Å². The van der Waals surface area contributed by atoms with Gasteiger partial charge in [0.05, 0.1) is 13.3 Å². The average Bonchev–Trinajstić information content (AvgIpc) is 2.39. The lowest BCUT2D eigenvalue weighted by molar-refractivity contribution is 0.416. The summed E-state index contributed by atoms with van der Waals surface area (Å²) in [6, 6.07) is 7.14. The number of benzene rings is 1. The van der Waals surface area contributed by atoms with Crippen LogP contribution in [0.25, 0.3) is 11.3 Å². The van der Waals surface area contributed by atoms with Crippen LogP contribution in [0.1, 0.15) is 0 Å². The van der Waals surface area contributed by atoms with Crippen LogP contribution in [0.4, 0.5) is 10.3 Å². The van der Waals surface area contributed by atoms with Crippen molar-refractivity contribution in [1.82, 2.24) is 9.97 Å². The zero-order chi connectivity index (χ0) is 12.3. The SMILES string of the molecule is CNc1ncc(F)c(-c2ccccc2OC)n1. The van der Waals surface area contributed by atoms with Gasteiger partial charge in [-0.25, -0.2) is 14.4 Å². The van der Waals surface area contributed by atoms with Gasteiger partial charge in [0.1, 0.15) is 11.4 Å². The van der Waals surface area contributed by atoms with Gasteiger partial charge in [-0.15, -0.1) is 0 Å². The molecule has 0 saturated heterocycles. The van der Waals surface area contributed by atoms with E-state index in [0.717, 1.165) is 6.20 Å². The Labute approximate surface area is 98.5 Å². The fourth-order valence-corrected chi connectivity index (χ4v) is 1.52. The molecule has 0 aliphatic heterocycles. The summed E-state index contributed by atoms with van der Waals surface area (Å²) in [5, 5.41) is 2.77. The van der Waals surface area contributed by atoms with Crippen molar-refractivity contribution in [2.24, 2.45) is 0 Å². The summed E-state index contributed by atoms with van der Waals surface area (Å²) in [5.41, 5.74) is 0.827. The molecule has 0 radical (unpaired) electrons. The number of hydrogen-bond donors (Lipinski definition) is 1. The first-order chi connectivity index (χ1) is 8.26. The highest BCUT2D eigenvalue weighted by Gasteiger charge is 2.12. The summed E-state index contributed by atoms with van der Waals surface area (Å²) in [6.45, 7) is 0. The molecule has 0 amide bonds. The maximum Gasteiger partial charge on any atom is 0.223 e. The molecule has 2 aromatic rings. The lowest BCUT2D eigenvalue weighted by Gasteiger charge is -2.09. The topological polar surface area (TPSA) is 47.0 Å². The Bertz CT molecular complexity index is 531. The molecule has 0 bridgehead atoms. The first-order valence-corrected chi connectivity index (χ1v) is 5.10. The number of nitrogens with zero attached hydrogens (tertiary/aromatic N) is 2. The molecule has 4 nitrogen and oxygen atoms in total. The second-order valence-electron chi connectivity index (χ2n) is 3.34. The number of halogens is 1. The largest absolute Gasteiger partial charge is 0.496 e. The van der Waals surface area contributed by atoms with E-state index < -0.39 is 5.82 Å². The summed E-state index contributed by atoms with van der Waals surface area (Å²) in [6.07, 6.45) is 1.14. The van der Waals surface area contributed by atoms with Crippen molar-refractivity contribution in [3.8, 4) is 17.0 Å². The van der Waals surface area contributed by atoms with Gasteiger partial charge in [-0.1, -0.05) is 12.1 Å². The molecule has 0 aliphatic carbocycles. The number of hydrogen-bond acceptors (Lipinski definition) is 4. The fraction of sp³-hybridized carbons (Fsp3) is 0.167. The molecule has 1 N–H and O–H groups in total. The van der Waals surface area contributed by atoms with E-state index in [1.54, 1.807) is 25.2 Å². The molecule has 0 unspecified atom stereocenters. The number of anilines is 1. The highest BCUT2D eigenvalue weighted by atomic mass is 19.1. The van der Waals surface area contributed by atoms with Gasteiger partial charge in [0.2, 0.25) is 5.95 Å². The molecule has 0 aliphatic rings. The van der Waals surface area contributed by atoms with E-state index in [0.29, 0.717) is 17.3 Å². The number of para-hydroxylation sites is 1. The van der Waals surface area contributed by atoms with Crippen LogP contribution in [0.2, 0.25) is 0 Å². The Hall–Kier alpha value is -2.17. The third kappa shape index (κ3) is 2.18. The molecule has 2 rings (SSSR count). The van der Waals surface area contributed by atoms with Crippen LogP contribution < -0.4 is 10.1 Å². The number of ether oxygens (including phenoxy) is 1. The van der Waals surface area contributed by atoms with Gasteiger partial charge >= 0.3 is 0 Å².